The Bertz CT molecular complexity index is 1250. The van der Waals surface area contributed by atoms with E-state index < -0.39 is 0 Å². The van der Waals surface area contributed by atoms with E-state index in [2.05, 4.69) is 78.8 Å². The molecule has 0 aliphatic carbocycles. The number of methoxy groups -OCH3 is 1. The predicted molar refractivity (Wildman–Crippen MR) is 146 cm³/mol. The van der Waals surface area contributed by atoms with Crippen molar-refractivity contribution in [2.75, 3.05) is 7.11 Å². The molecule has 0 heterocycles. The van der Waals surface area contributed by atoms with Crippen molar-refractivity contribution in [1.82, 2.24) is 0 Å². The Balaban J connectivity index is 2.67. The molecule has 0 radical (unpaired) electrons. The third kappa shape index (κ3) is 5.05. The van der Waals surface area contributed by atoms with Gasteiger partial charge in [0.05, 0.1) is 7.11 Å². The van der Waals surface area contributed by atoms with E-state index in [1.165, 1.54) is 18.1 Å². The average molecular weight is 471 g/mol. The smallest absolute Gasteiger partial charge is 0.308 e. The van der Waals surface area contributed by atoms with Gasteiger partial charge in [-0.25, -0.2) is 0 Å². The maximum absolute atomic E-state index is 12.6. The van der Waals surface area contributed by atoms with E-state index in [1.807, 2.05) is 13.8 Å². The first kappa shape index (κ1) is 26.3. The molecule has 0 unspecified atom stereocenters. The summed E-state index contributed by atoms with van der Waals surface area (Å²) in [5.74, 6) is 1.04. The molecule has 0 N–H and O–H groups in total. The highest BCUT2D eigenvalue weighted by atomic mass is 16.5. The van der Waals surface area contributed by atoms with Crippen LogP contribution in [0.4, 0.5) is 0 Å². The number of rotatable bonds is 5. The van der Waals surface area contributed by atoms with Crippen molar-refractivity contribution >= 4 is 17.3 Å². The summed E-state index contributed by atoms with van der Waals surface area (Å²) < 4.78 is 12.0. The van der Waals surface area contributed by atoms with E-state index >= 15 is 0 Å². The SMILES string of the molecule is COc1c(C)cc(C)c(C(OC(C)=O)=C(c2c(C)cc(C)cc2C)c2c(C)cc(C)cc2C)c1C. The summed E-state index contributed by atoms with van der Waals surface area (Å²) in [6.07, 6.45) is 0. The maximum atomic E-state index is 12.6. The zero-order valence-electron chi connectivity index (χ0n) is 23.1. The fourth-order valence-corrected chi connectivity index (χ4v) is 5.70. The highest BCUT2D eigenvalue weighted by Gasteiger charge is 2.27. The third-order valence-electron chi connectivity index (χ3n) is 6.66. The molecule has 0 saturated heterocycles. The molecule has 0 amide bonds. The van der Waals surface area contributed by atoms with Crippen molar-refractivity contribution in [3.63, 3.8) is 0 Å². The topological polar surface area (TPSA) is 35.5 Å². The van der Waals surface area contributed by atoms with Crippen LogP contribution in [0.25, 0.3) is 11.3 Å². The largest absolute Gasteiger partial charge is 0.496 e. The Labute approximate surface area is 210 Å². The van der Waals surface area contributed by atoms with Crippen LogP contribution in [-0.2, 0) is 9.53 Å². The third-order valence-corrected chi connectivity index (χ3v) is 6.66. The van der Waals surface area contributed by atoms with Crippen LogP contribution in [0.5, 0.6) is 5.75 Å². The Morgan fingerprint density at radius 2 is 1.00 bits per heavy atom. The summed E-state index contributed by atoms with van der Waals surface area (Å²) in [5.41, 5.74) is 14.1. The monoisotopic (exact) mass is 470 g/mol. The molecule has 3 rings (SSSR count). The summed E-state index contributed by atoms with van der Waals surface area (Å²) in [6, 6.07) is 10.9. The van der Waals surface area contributed by atoms with Crippen LogP contribution >= 0.6 is 0 Å². The second-order valence-electron chi connectivity index (χ2n) is 9.89. The Hall–Kier alpha value is -3.33. The minimum atomic E-state index is -0.347. The lowest BCUT2D eigenvalue weighted by Crippen LogP contribution is -2.10. The fraction of sp³-hybridized carbons (Fsp3) is 0.344. The molecule has 0 aliphatic rings. The van der Waals surface area contributed by atoms with Crippen molar-refractivity contribution in [2.45, 2.75) is 69.2 Å². The zero-order valence-corrected chi connectivity index (χ0v) is 23.1. The molecule has 3 heteroatoms. The van der Waals surface area contributed by atoms with E-state index in [4.69, 9.17) is 9.47 Å². The number of aryl methyl sites for hydroxylation is 8. The van der Waals surface area contributed by atoms with Crippen molar-refractivity contribution in [3.8, 4) is 5.75 Å². The lowest BCUT2D eigenvalue weighted by Gasteiger charge is -2.25. The molecular weight excluding hydrogens is 432 g/mol. The molecule has 0 bridgehead atoms. The molecule has 3 aromatic rings. The van der Waals surface area contributed by atoms with E-state index in [9.17, 15) is 4.79 Å². The van der Waals surface area contributed by atoms with Crippen molar-refractivity contribution in [3.05, 3.63) is 97.1 Å². The van der Waals surface area contributed by atoms with Gasteiger partial charge in [-0.15, -0.1) is 0 Å². The van der Waals surface area contributed by atoms with Gasteiger partial charge in [0, 0.05) is 23.6 Å². The average Bonchev–Trinajstić information content (AvgIpc) is 2.70. The van der Waals surface area contributed by atoms with E-state index in [0.717, 1.165) is 67.0 Å². The summed E-state index contributed by atoms with van der Waals surface area (Å²) in [7, 11) is 1.69. The van der Waals surface area contributed by atoms with Gasteiger partial charge in [0.2, 0.25) is 0 Å². The number of hydrogen-bond donors (Lipinski definition) is 0. The maximum Gasteiger partial charge on any atom is 0.308 e. The van der Waals surface area contributed by atoms with E-state index in [0.29, 0.717) is 5.76 Å². The summed E-state index contributed by atoms with van der Waals surface area (Å²) in [4.78, 5) is 12.6. The molecule has 0 atom stereocenters. The Morgan fingerprint density at radius 1 is 0.600 bits per heavy atom. The predicted octanol–water partition coefficient (Wildman–Crippen LogP) is 7.95. The first-order chi connectivity index (χ1) is 16.4. The van der Waals surface area contributed by atoms with Crippen LogP contribution in [-0.4, -0.2) is 13.1 Å². The van der Waals surface area contributed by atoms with Crippen LogP contribution in [0.1, 0.15) is 73.7 Å². The van der Waals surface area contributed by atoms with Crippen molar-refractivity contribution < 1.29 is 14.3 Å². The van der Waals surface area contributed by atoms with Gasteiger partial charge < -0.3 is 9.47 Å². The normalized spacial score (nSPS) is 10.8. The number of ether oxygens (including phenoxy) is 2. The molecule has 184 valence electrons. The van der Waals surface area contributed by atoms with Gasteiger partial charge in [0.1, 0.15) is 11.5 Å². The fourth-order valence-electron chi connectivity index (χ4n) is 5.70. The van der Waals surface area contributed by atoms with Gasteiger partial charge in [0.15, 0.2) is 0 Å². The van der Waals surface area contributed by atoms with Crippen LogP contribution in [0, 0.1) is 62.3 Å². The second-order valence-corrected chi connectivity index (χ2v) is 9.89. The van der Waals surface area contributed by atoms with Gasteiger partial charge in [-0.2, -0.15) is 0 Å². The molecule has 0 aliphatic heterocycles. The highest BCUT2D eigenvalue weighted by molar-refractivity contribution is 6.02. The van der Waals surface area contributed by atoms with Crippen LogP contribution < -0.4 is 4.74 Å². The Morgan fingerprint density at radius 3 is 1.37 bits per heavy atom. The second kappa shape index (κ2) is 10.1. The van der Waals surface area contributed by atoms with Crippen LogP contribution in [0.15, 0.2) is 30.3 Å². The standard InChI is InChI=1S/C32H38O3/c1-17-12-19(3)27(20(4)13-17)30(28-21(5)14-18(2)15-22(28)6)32(35-26(10)33)29-23(7)16-24(8)31(34-11)25(29)9/h12-16H,1-11H3. The molecule has 0 saturated carbocycles. The first-order valence-electron chi connectivity index (χ1n) is 12.1. The van der Waals surface area contributed by atoms with E-state index in [-0.39, 0.29) is 5.97 Å². The minimum absolute atomic E-state index is 0.347. The minimum Gasteiger partial charge on any atom is -0.496 e. The lowest BCUT2D eigenvalue weighted by molar-refractivity contribution is -0.134. The Kier molecular flexibility index (Phi) is 7.59. The van der Waals surface area contributed by atoms with Crippen LogP contribution in [0.2, 0.25) is 0 Å². The van der Waals surface area contributed by atoms with Gasteiger partial charge >= 0.3 is 5.97 Å². The summed E-state index contributed by atoms with van der Waals surface area (Å²) >= 11 is 0. The first-order valence-corrected chi connectivity index (χ1v) is 12.1. The number of carbonyl (C=O) groups is 1. The van der Waals surface area contributed by atoms with Crippen molar-refractivity contribution in [2.24, 2.45) is 0 Å². The van der Waals surface area contributed by atoms with Gasteiger partial charge in [-0.3, -0.25) is 4.79 Å². The number of benzene rings is 3. The quantitative estimate of drug-likeness (QED) is 0.216. The summed E-state index contributed by atoms with van der Waals surface area (Å²) in [6.45, 7) is 20.4. The summed E-state index contributed by atoms with van der Waals surface area (Å²) in [5, 5.41) is 0. The van der Waals surface area contributed by atoms with Gasteiger partial charge in [-0.05, 0) is 107 Å². The molecule has 0 aromatic heterocycles. The van der Waals surface area contributed by atoms with Crippen molar-refractivity contribution in [1.29, 1.82) is 0 Å². The highest BCUT2D eigenvalue weighted by Crippen LogP contribution is 2.43. The number of carbonyl (C=O) groups excluding carboxylic acids is 1. The molecule has 3 aromatic carbocycles. The molecule has 0 fully saturated rings. The van der Waals surface area contributed by atoms with Crippen LogP contribution in [0.3, 0.4) is 0 Å². The molecular formula is C32H38O3. The molecule has 3 nitrogen and oxygen atoms in total. The zero-order chi connectivity index (χ0) is 26.2. The number of esters is 1. The van der Waals surface area contributed by atoms with Gasteiger partial charge in [-0.1, -0.05) is 41.5 Å². The molecule has 35 heavy (non-hydrogen) atoms. The number of hydrogen-bond acceptors (Lipinski definition) is 3. The lowest BCUT2D eigenvalue weighted by atomic mass is 9.82. The molecule has 0 spiro atoms. The van der Waals surface area contributed by atoms with Gasteiger partial charge in [0.25, 0.3) is 0 Å². The van der Waals surface area contributed by atoms with E-state index in [1.54, 1.807) is 7.11 Å².